The molecule has 1 fully saturated rings. The van der Waals surface area contributed by atoms with Gasteiger partial charge in [-0.1, -0.05) is 6.07 Å². The van der Waals surface area contributed by atoms with E-state index >= 15 is 0 Å². The molecule has 0 aromatic heterocycles. The lowest BCUT2D eigenvalue weighted by Crippen LogP contribution is -2.30. The van der Waals surface area contributed by atoms with Gasteiger partial charge in [-0.3, -0.25) is 9.59 Å². The molecule has 5 heteroatoms. The summed E-state index contributed by atoms with van der Waals surface area (Å²) in [6.45, 7) is 5.16. The molecule has 1 aliphatic rings. The van der Waals surface area contributed by atoms with Crippen LogP contribution in [0.1, 0.15) is 24.0 Å². The molecule has 0 aliphatic carbocycles. The average Bonchev–Trinajstić information content (AvgIpc) is 2.87. The number of benzene rings is 1. The first-order chi connectivity index (χ1) is 9.95. The van der Waals surface area contributed by atoms with Crippen LogP contribution < -0.4 is 4.74 Å². The third-order valence-electron chi connectivity index (χ3n) is 3.67. The first kappa shape index (κ1) is 15.4. The van der Waals surface area contributed by atoms with E-state index in [9.17, 15) is 9.59 Å². The smallest absolute Gasteiger partial charge is 0.308 e. The van der Waals surface area contributed by atoms with Crippen LogP contribution in [0.4, 0.5) is 0 Å². The molecule has 1 aromatic rings. The number of rotatable bonds is 5. The van der Waals surface area contributed by atoms with Crippen LogP contribution in [0.25, 0.3) is 0 Å². The molecule has 0 bridgehead atoms. The zero-order valence-electron chi connectivity index (χ0n) is 12.5. The van der Waals surface area contributed by atoms with Gasteiger partial charge in [-0.2, -0.15) is 0 Å². The molecule has 1 saturated heterocycles. The van der Waals surface area contributed by atoms with Crippen molar-refractivity contribution in [3.63, 3.8) is 0 Å². The zero-order valence-corrected chi connectivity index (χ0v) is 12.5. The van der Waals surface area contributed by atoms with Gasteiger partial charge in [0.15, 0.2) is 0 Å². The van der Waals surface area contributed by atoms with Crippen LogP contribution in [0.5, 0.6) is 5.75 Å². The lowest BCUT2D eigenvalue weighted by atomic mass is 10.1. The van der Waals surface area contributed by atoms with Crippen LogP contribution in [0.15, 0.2) is 18.2 Å². The summed E-state index contributed by atoms with van der Waals surface area (Å²) in [6, 6.07) is 5.94. The number of aliphatic carboxylic acids is 1. The number of hydrogen-bond donors (Lipinski definition) is 1. The number of ether oxygens (including phenoxy) is 1. The SMILES string of the molecule is Cc1cc(C)cc(OCCC(=O)N2CC[C@H](C(=O)O)C2)c1. The Morgan fingerprint density at radius 3 is 2.52 bits per heavy atom. The Morgan fingerprint density at radius 1 is 1.29 bits per heavy atom. The van der Waals surface area contributed by atoms with E-state index in [-0.39, 0.29) is 12.3 Å². The molecule has 114 valence electrons. The summed E-state index contributed by atoms with van der Waals surface area (Å²) in [4.78, 5) is 24.5. The van der Waals surface area contributed by atoms with Crippen molar-refractivity contribution in [2.45, 2.75) is 26.7 Å². The minimum Gasteiger partial charge on any atom is -0.493 e. The van der Waals surface area contributed by atoms with E-state index in [4.69, 9.17) is 9.84 Å². The van der Waals surface area contributed by atoms with E-state index in [2.05, 4.69) is 6.07 Å². The van der Waals surface area contributed by atoms with Gasteiger partial charge in [0.25, 0.3) is 0 Å². The van der Waals surface area contributed by atoms with E-state index in [1.54, 1.807) is 4.90 Å². The highest BCUT2D eigenvalue weighted by molar-refractivity contribution is 5.78. The van der Waals surface area contributed by atoms with Crippen molar-refractivity contribution in [1.82, 2.24) is 4.90 Å². The maximum atomic E-state index is 12.0. The number of hydrogen-bond acceptors (Lipinski definition) is 3. The minimum atomic E-state index is -0.822. The number of likely N-dealkylation sites (tertiary alicyclic amines) is 1. The zero-order chi connectivity index (χ0) is 15.4. The Balaban J connectivity index is 1.78. The molecule has 1 N–H and O–H groups in total. The third kappa shape index (κ3) is 4.21. The fraction of sp³-hybridized carbons (Fsp3) is 0.500. The molecule has 0 saturated carbocycles. The second-order valence-electron chi connectivity index (χ2n) is 5.59. The predicted molar refractivity (Wildman–Crippen MR) is 78.4 cm³/mol. The van der Waals surface area contributed by atoms with Crippen molar-refractivity contribution in [3.05, 3.63) is 29.3 Å². The maximum absolute atomic E-state index is 12.0. The minimum absolute atomic E-state index is 0.0388. The second kappa shape index (κ2) is 6.61. The quantitative estimate of drug-likeness (QED) is 0.901. The standard InChI is InChI=1S/C16H21NO4/c1-11-7-12(2)9-14(8-11)21-6-4-15(18)17-5-3-13(10-17)16(19)20/h7-9,13H,3-6,10H2,1-2H3,(H,19,20)/t13-/m0/s1. The molecular weight excluding hydrogens is 270 g/mol. The van der Waals surface area contributed by atoms with Crippen molar-refractivity contribution >= 4 is 11.9 Å². The molecule has 1 aliphatic heterocycles. The monoisotopic (exact) mass is 291 g/mol. The van der Waals surface area contributed by atoms with Crippen molar-refractivity contribution in [3.8, 4) is 5.75 Å². The highest BCUT2D eigenvalue weighted by atomic mass is 16.5. The average molecular weight is 291 g/mol. The molecule has 1 heterocycles. The molecule has 0 radical (unpaired) electrons. The van der Waals surface area contributed by atoms with E-state index in [0.29, 0.717) is 26.1 Å². The molecule has 5 nitrogen and oxygen atoms in total. The topological polar surface area (TPSA) is 66.8 Å². The van der Waals surface area contributed by atoms with Gasteiger partial charge in [0.2, 0.25) is 5.91 Å². The van der Waals surface area contributed by atoms with Gasteiger partial charge >= 0.3 is 5.97 Å². The first-order valence-electron chi connectivity index (χ1n) is 7.17. The number of carbonyl (C=O) groups excluding carboxylic acids is 1. The van der Waals surface area contributed by atoms with Gasteiger partial charge in [0.05, 0.1) is 18.9 Å². The summed E-state index contributed by atoms with van der Waals surface area (Å²) in [5, 5.41) is 8.93. The van der Waals surface area contributed by atoms with Gasteiger partial charge in [-0.05, 0) is 43.5 Å². The van der Waals surface area contributed by atoms with Crippen LogP contribution in [-0.2, 0) is 9.59 Å². The molecule has 1 amide bonds. The summed E-state index contributed by atoms with van der Waals surface area (Å²) in [5.74, 6) is -0.515. The number of nitrogens with zero attached hydrogens (tertiary/aromatic N) is 1. The number of carbonyl (C=O) groups is 2. The molecule has 21 heavy (non-hydrogen) atoms. The van der Waals surface area contributed by atoms with Crippen LogP contribution in [0, 0.1) is 19.8 Å². The largest absolute Gasteiger partial charge is 0.493 e. The van der Waals surface area contributed by atoms with E-state index in [1.807, 2.05) is 26.0 Å². The number of carboxylic acids is 1. The Morgan fingerprint density at radius 2 is 1.95 bits per heavy atom. The molecule has 0 spiro atoms. The second-order valence-corrected chi connectivity index (χ2v) is 5.59. The molecule has 0 unspecified atom stereocenters. The lowest BCUT2D eigenvalue weighted by molar-refractivity contribution is -0.141. The van der Waals surface area contributed by atoms with Crippen LogP contribution in [0.3, 0.4) is 0 Å². The molecular formula is C16H21NO4. The summed E-state index contributed by atoms with van der Waals surface area (Å²) in [7, 11) is 0. The molecule has 1 atom stereocenters. The fourth-order valence-corrected chi connectivity index (χ4v) is 2.62. The van der Waals surface area contributed by atoms with Crippen molar-refractivity contribution < 1.29 is 19.4 Å². The highest BCUT2D eigenvalue weighted by Gasteiger charge is 2.30. The maximum Gasteiger partial charge on any atom is 0.308 e. The Hall–Kier alpha value is -2.04. The van der Waals surface area contributed by atoms with Crippen molar-refractivity contribution in [2.75, 3.05) is 19.7 Å². The lowest BCUT2D eigenvalue weighted by Gasteiger charge is -2.16. The normalized spacial score (nSPS) is 17.8. The van der Waals surface area contributed by atoms with Crippen molar-refractivity contribution in [1.29, 1.82) is 0 Å². The number of carboxylic acid groups (broad SMARTS) is 1. The van der Waals surface area contributed by atoms with Crippen molar-refractivity contribution in [2.24, 2.45) is 5.92 Å². The third-order valence-corrected chi connectivity index (χ3v) is 3.67. The fourth-order valence-electron chi connectivity index (χ4n) is 2.62. The van der Waals surface area contributed by atoms with Gasteiger partial charge < -0.3 is 14.7 Å². The highest BCUT2D eigenvalue weighted by Crippen LogP contribution is 2.18. The van der Waals surface area contributed by atoms with E-state index in [1.165, 1.54) is 0 Å². The Labute approximate surface area is 124 Å². The van der Waals surface area contributed by atoms with Gasteiger partial charge in [0.1, 0.15) is 5.75 Å². The Bertz CT molecular complexity index is 521. The van der Waals surface area contributed by atoms with Gasteiger partial charge in [-0.15, -0.1) is 0 Å². The van der Waals surface area contributed by atoms with Gasteiger partial charge in [-0.25, -0.2) is 0 Å². The number of amides is 1. The Kier molecular flexibility index (Phi) is 4.83. The first-order valence-corrected chi connectivity index (χ1v) is 7.17. The predicted octanol–water partition coefficient (Wildman–Crippen LogP) is 2.01. The van der Waals surface area contributed by atoms with E-state index < -0.39 is 11.9 Å². The number of aryl methyl sites for hydroxylation is 2. The molecule has 1 aromatic carbocycles. The summed E-state index contributed by atoms with van der Waals surface area (Å²) < 4.78 is 5.61. The van der Waals surface area contributed by atoms with Gasteiger partial charge in [0, 0.05) is 13.1 Å². The molecule has 2 rings (SSSR count). The summed E-state index contributed by atoms with van der Waals surface area (Å²) in [6.07, 6.45) is 0.818. The van der Waals surface area contributed by atoms with Crippen LogP contribution in [0.2, 0.25) is 0 Å². The van der Waals surface area contributed by atoms with E-state index in [0.717, 1.165) is 16.9 Å². The van der Waals surface area contributed by atoms with Crippen LogP contribution in [-0.4, -0.2) is 41.6 Å². The van der Waals surface area contributed by atoms with Crippen LogP contribution >= 0.6 is 0 Å². The summed E-state index contributed by atoms with van der Waals surface area (Å²) >= 11 is 0. The summed E-state index contributed by atoms with van der Waals surface area (Å²) in [5.41, 5.74) is 2.25.